The topological polar surface area (TPSA) is 37.6 Å². The SMILES string of the molecule is CC1SCCN(c2nc3sccn3c2C=O)C1C. The number of carbonyl (C=O) groups excluding carboxylic acids is 1. The van der Waals surface area contributed by atoms with E-state index in [-0.39, 0.29) is 0 Å². The average molecular weight is 281 g/mol. The molecule has 3 rings (SSSR count). The number of aldehydes is 1. The van der Waals surface area contributed by atoms with Gasteiger partial charge in [-0.2, -0.15) is 11.8 Å². The molecule has 0 aliphatic carbocycles. The highest BCUT2D eigenvalue weighted by molar-refractivity contribution is 8.00. The number of thioether (sulfide) groups is 1. The minimum absolute atomic E-state index is 0.409. The van der Waals surface area contributed by atoms with Gasteiger partial charge in [0.2, 0.25) is 0 Å². The smallest absolute Gasteiger partial charge is 0.196 e. The highest BCUT2D eigenvalue weighted by Gasteiger charge is 2.29. The van der Waals surface area contributed by atoms with Crippen LogP contribution in [0.5, 0.6) is 0 Å². The molecular weight excluding hydrogens is 266 g/mol. The zero-order valence-corrected chi connectivity index (χ0v) is 12.0. The lowest BCUT2D eigenvalue weighted by molar-refractivity contribution is 0.111. The molecular formula is C12H15N3OS2. The lowest BCUT2D eigenvalue weighted by Crippen LogP contribution is -2.45. The second-order valence-electron chi connectivity index (χ2n) is 4.50. The monoisotopic (exact) mass is 281 g/mol. The highest BCUT2D eigenvalue weighted by atomic mass is 32.2. The Labute approximate surface area is 114 Å². The van der Waals surface area contributed by atoms with Gasteiger partial charge in [-0.05, 0) is 6.92 Å². The molecule has 3 heterocycles. The molecule has 4 nitrogen and oxygen atoms in total. The van der Waals surface area contributed by atoms with Crippen molar-refractivity contribution in [3.8, 4) is 0 Å². The summed E-state index contributed by atoms with van der Waals surface area (Å²) < 4.78 is 1.88. The van der Waals surface area contributed by atoms with Gasteiger partial charge in [-0.3, -0.25) is 9.20 Å². The van der Waals surface area contributed by atoms with E-state index in [0.717, 1.165) is 29.4 Å². The van der Waals surface area contributed by atoms with Gasteiger partial charge in [-0.15, -0.1) is 11.3 Å². The molecule has 6 heteroatoms. The molecule has 2 unspecified atom stereocenters. The molecule has 0 saturated carbocycles. The van der Waals surface area contributed by atoms with Gasteiger partial charge in [0.1, 0.15) is 5.69 Å². The Morgan fingerprint density at radius 1 is 1.50 bits per heavy atom. The second-order valence-corrected chi connectivity index (χ2v) is 6.86. The maximum absolute atomic E-state index is 11.3. The standard InChI is InChI=1S/C12H15N3OS2/c1-8-9(2)17-5-3-14(8)11-10(7-16)15-4-6-18-12(15)13-11/h4,6-9H,3,5H2,1-2H3. The molecule has 96 valence electrons. The molecule has 18 heavy (non-hydrogen) atoms. The molecule has 0 N–H and O–H groups in total. The van der Waals surface area contributed by atoms with Crippen molar-refractivity contribution >= 4 is 40.2 Å². The molecule has 1 aliphatic rings. The number of hydrogen-bond donors (Lipinski definition) is 0. The van der Waals surface area contributed by atoms with E-state index in [2.05, 4.69) is 23.7 Å². The molecule has 2 atom stereocenters. The number of thiazole rings is 1. The largest absolute Gasteiger partial charge is 0.350 e. The Kier molecular flexibility index (Phi) is 3.07. The van der Waals surface area contributed by atoms with Crippen molar-refractivity contribution in [1.29, 1.82) is 0 Å². The third kappa shape index (κ3) is 1.75. The van der Waals surface area contributed by atoms with Gasteiger partial charge in [0.15, 0.2) is 17.1 Å². The Morgan fingerprint density at radius 3 is 3.11 bits per heavy atom. The maximum atomic E-state index is 11.3. The maximum Gasteiger partial charge on any atom is 0.196 e. The van der Waals surface area contributed by atoms with Crippen LogP contribution < -0.4 is 4.90 Å². The van der Waals surface area contributed by atoms with Crippen molar-refractivity contribution in [1.82, 2.24) is 9.38 Å². The lowest BCUT2D eigenvalue weighted by atomic mass is 10.2. The summed E-state index contributed by atoms with van der Waals surface area (Å²) in [5.41, 5.74) is 0.678. The molecule has 1 fully saturated rings. The Hall–Kier alpha value is -1.01. The van der Waals surface area contributed by atoms with E-state index in [4.69, 9.17) is 0 Å². The normalized spacial score (nSPS) is 24.7. The quantitative estimate of drug-likeness (QED) is 0.793. The van der Waals surface area contributed by atoms with Crippen molar-refractivity contribution < 1.29 is 4.79 Å². The van der Waals surface area contributed by atoms with E-state index < -0.39 is 0 Å². The highest BCUT2D eigenvalue weighted by Crippen LogP contribution is 2.31. The molecule has 0 spiro atoms. The number of anilines is 1. The molecule has 0 aromatic carbocycles. The zero-order chi connectivity index (χ0) is 12.7. The number of aromatic nitrogens is 2. The summed E-state index contributed by atoms with van der Waals surface area (Å²) in [6.45, 7) is 5.40. The molecule has 1 aliphatic heterocycles. The van der Waals surface area contributed by atoms with Crippen molar-refractivity contribution in [2.75, 3.05) is 17.2 Å². The first-order chi connectivity index (χ1) is 8.72. The minimum atomic E-state index is 0.409. The number of carbonyl (C=O) groups is 1. The summed E-state index contributed by atoms with van der Waals surface area (Å²) in [5, 5.41) is 2.52. The van der Waals surface area contributed by atoms with Crippen molar-refractivity contribution in [3.63, 3.8) is 0 Å². The fraction of sp³-hybridized carbons (Fsp3) is 0.500. The first kappa shape index (κ1) is 12.0. The van der Waals surface area contributed by atoms with Crippen LogP contribution in [0, 0.1) is 0 Å². The van der Waals surface area contributed by atoms with Crippen LogP contribution in [0.25, 0.3) is 4.96 Å². The van der Waals surface area contributed by atoms with Gasteiger partial charge in [-0.25, -0.2) is 4.98 Å². The van der Waals surface area contributed by atoms with Gasteiger partial charge in [0, 0.05) is 35.2 Å². The summed E-state index contributed by atoms with van der Waals surface area (Å²) in [4.78, 5) is 19.1. The van der Waals surface area contributed by atoms with Crippen molar-refractivity contribution in [3.05, 3.63) is 17.3 Å². The Bertz CT molecular complexity index is 577. The van der Waals surface area contributed by atoms with Crippen molar-refractivity contribution in [2.24, 2.45) is 0 Å². The van der Waals surface area contributed by atoms with Crippen LogP contribution in [0.2, 0.25) is 0 Å². The van der Waals surface area contributed by atoms with E-state index in [1.807, 2.05) is 27.7 Å². The summed E-state index contributed by atoms with van der Waals surface area (Å²) in [5.74, 6) is 1.94. The van der Waals surface area contributed by atoms with Gasteiger partial charge in [0.25, 0.3) is 0 Å². The molecule has 2 aromatic rings. The Balaban J connectivity index is 2.07. The van der Waals surface area contributed by atoms with E-state index in [1.165, 1.54) is 0 Å². The van der Waals surface area contributed by atoms with Crippen LogP contribution in [0.1, 0.15) is 24.3 Å². The number of hydrogen-bond acceptors (Lipinski definition) is 5. The van der Waals surface area contributed by atoms with Gasteiger partial charge in [-0.1, -0.05) is 6.92 Å². The average Bonchev–Trinajstić information content (AvgIpc) is 2.92. The first-order valence-electron chi connectivity index (χ1n) is 6.01. The Morgan fingerprint density at radius 2 is 2.33 bits per heavy atom. The fourth-order valence-electron chi connectivity index (χ4n) is 2.34. The van der Waals surface area contributed by atoms with Gasteiger partial charge >= 0.3 is 0 Å². The molecule has 0 amide bonds. The number of nitrogens with zero attached hydrogens (tertiary/aromatic N) is 3. The number of fused-ring (bicyclic) bond motifs is 1. The lowest BCUT2D eigenvalue weighted by Gasteiger charge is -2.37. The van der Waals surface area contributed by atoms with Gasteiger partial charge < -0.3 is 4.90 Å². The molecule has 1 saturated heterocycles. The summed E-state index contributed by atoms with van der Waals surface area (Å²) in [6.07, 6.45) is 2.83. The van der Waals surface area contributed by atoms with E-state index in [9.17, 15) is 4.79 Å². The van der Waals surface area contributed by atoms with Crippen LogP contribution in [0.15, 0.2) is 11.6 Å². The van der Waals surface area contributed by atoms with E-state index in [0.29, 0.717) is 17.0 Å². The van der Waals surface area contributed by atoms with Crippen molar-refractivity contribution in [2.45, 2.75) is 25.1 Å². The number of imidazole rings is 1. The summed E-state index contributed by atoms with van der Waals surface area (Å²) in [6, 6.07) is 0.409. The molecule has 2 aromatic heterocycles. The second kappa shape index (κ2) is 4.59. The van der Waals surface area contributed by atoms with E-state index >= 15 is 0 Å². The summed E-state index contributed by atoms with van der Waals surface area (Å²) >= 11 is 3.55. The molecule has 0 bridgehead atoms. The summed E-state index contributed by atoms with van der Waals surface area (Å²) in [7, 11) is 0. The zero-order valence-electron chi connectivity index (χ0n) is 10.4. The molecule has 0 radical (unpaired) electrons. The van der Waals surface area contributed by atoms with Gasteiger partial charge in [0.05, 0.1) is 0 Å². The third-order valence-corrected chi connectivity index (χ3v) is 5.64. The third-order valence-electron chi connectivity index (χ3n) is 3.55. The number of rotatable bonds is 2. The van der Waals surface area contributed by atoms with Crippen LogP contribution in [0.3, 0.4) is 0 Å². The fourth-order valence-corrected chi connectivity index (χ4v) is 4.16. The van der Waals surface area contributed by atoms with Crippen LogP contribution in [0.4, 0.5) is 5.82 Å². The minimum Gasteiger partial charge on any atom is -0.350 e. The van der Waals surface area contributed by atoms with Crippen LogP contribution in [-0.4, -0.2) is 39.3 Å². The van der Waals surface area contributed by atoms with Crippen LogP contribution in [-0.2, 0) is 0 Å². The van der Waals surface area contributed by atoms with E-state index in [1.54, 1.807) is 11.3 Å². The predicted octanol–water partition coefficient (Wildman–Crippen LogP) is 2.54. The predicted molar refractivity (Wildman–Crippen MR) is 77.2 cm³/mol. The van der Waals surface area contributed by atoms with Crippen LogP contribution >= 0.6 is 23.1 Å². The first-order valence-corrected chi connectivity index (χ1v) is 7.94.